The molecule has 0 saturated carbocycles. The third-order valence-electron chi connectivity index (χ3n) is 3.24. The van der Waals surface area contributed by atoms with Crippen molar-refractivity contribution < 1.29 is 0 Å². The maximum Gasteiger partial charge on any atom is 0.280 e. The maximum atomic E-state index is 11.9. The summed E-state index contributed by atoms with van der Waals surface area (Å²) in [7, 11) is 0. The van der Waals surface area contributed by atoms with Crippen LogP contribution >= 0.6 is 0 Å². The fourth-order valence-electron chi connectivity index (χ4n) is 2.42. The number of hydrogen-bond donors (Lipinski definition) is 0. The highest BCUT2D eigenvalue weighted by Crippen LogP contribution is 2.22. The summed E-state index contributed by atoms with van der Waals surface area (Å²) in [4.78, 5) is 16.0. The molecule has 3 heteroatoms. The van der Waals surface area contributed by atoms with Crippen LogP contribution in [0.2, 0.25) is 0 Å². The van der Waals surface area contributed by atoms with Crippen LogP contribution in [0.5, 0.6) is 0 Å². The van der Waals surface area contributed by atoms with Gasteiger partial charge < -0.3 is 4.57 Å². The van der Waals surface area contributed by atoms with E-state index in [0.29, 0.717) is 5.39 Å². The van der Waals surface area contributed by atoms with Gasteiger partial charge in [-0.1, -0.05) is 24.3 Å². The van der Waals surface area contributed by atoms with Gasteiger partial charge in [0, 0.05) is 5.70 Å². The van der Waals surface area contributed by atoms with Crippen molar-refractivity contribution in [1.82, 2.24) is 9.55 Å². The van der Waals surface area contributed by atoms with Crippen molar-refractivity contribution in [2.45, 2.75) is 19.8 Å². The summed E-state index contributed by atoms with van der Waals surface area (Å²) in [5.41, 5.74) is 1.99. The molecular formula is C15H14N2O. The fraction of sp³-hybridized carbons (Fsp3) is 0.200. The van der Waals surface area contributed by atoms with Crippen molar-refractivity contribution in [3.8, 4) is 0 Å². The Labute approximate surface area is 105 Å². The molecule has 1 aliphatic rings. The highest BCUT2D eigenvalue weighted by Gasteiger charge is 2.11. The second kappa shape index (κ2) is 4.26. The minimum Gasteiger partial charge on any atom is -0.302 e. The molecule has 0 amide bonds. The van der Waals surface area contributed by atoms with Crippen molar-refractivity contribution in [2.24, 2.45) is 0 Å². The van der Waals surface area contributed by atoms with Gasteiger partial charge in [-0.05, 0) is 38.0 Å². The summed E-state index contributed by atoms with van der Waals surface area (Å²) >= 11 is 0. The Morgan fingerprint density at radius 3 is 2.89 bits per heavy atom. The first-order valence-electron chi connectivity index (χ1n) is 6.12. The van der Waals surface area contributed by atoms with E-state index >= 15 is 0 Å². The van der Waals surface area contributed by atoms with E-state index in [0.717, 1.165) is 24.2 Å². The van der Waals surface area contributed by atoms with Gasteiger partial charge in [-0.2, -0.15) is 4.98 Å². The predicted molar refractivity (Wildman–Crippen MR) is 73.4 cm³/mol. The second-order valence-electron chi connectivity index (χ2n) is 4.44. The number of para-hydroxylation sites is 1. The van der Waals surface area contributed by atoms with Crippen molar-refractivity contribution in [2.75, 3.05) is 0 Å². The van der Waals surface area contributed by atoms with Gasteiger partial charge in [0.25, 0.3) is 5.56 Å². The molecule has 0 bridgehead atoms. The molecule has 90 valence electrons. The highest BCUT2D eigenvalue weighted by molar-refractivity contribution is 5.81. The topological polar surface area (TPSA) is 34.9 Å². The zero-order valence-corrected chi connectivity index (χ0v) is 10.3. The summed E-state index contributed by atoms with van der Waals surface area (Å²) in [5, 5.41) is 0.679. The summed E-state index contributed by atoms with van der Waals surface area (Å²) in [5.74, 6) is 0.750. The average Bonchev–Trinajstić information content (AvgIpc) is 2.40. The van der Waals surface area contributed by atoms with Crippen LogP contribution in [0.3, 0.4) is 0 Å². The average molecular weight is 238 g/mol. The Balaban J connectivity index is 2.38. The zero-order chi connectivity index (χ0) is 12.5. The minimum atomic E-state index is -0.147. The SMILES string of the molecule is Cc1nc(=O)c2ccccc2n1C1=CC=CCC1. The first kappa shape index (κ1) is 11.0. The first-order valence-corrected chi connectivity index (χ1v) is 6.12. The van der Waals surface area contributed by atoms with Crippen LogP contribution in [0.25, 0.3) is 16.6 Å². The molecule has 3 rings (SSSR count). The largest absolute Gasteiger partial charge is 0.302 e. The summed E-state index contributed by atoms with van der Waals surface area (Å²) in [6, 6.07) is 7.64. The van der Waals surface area contributed by atoms with E-state index in [4.69, 9.17) is 0 Å². The van der Waals surface area contributed by atoms with Crippen LogP contribution in [0.15, 0.2) is 47.3 Å². The van der Waals surface area contributed by atoms with Gasteiger partial charge in [0.1, 0.15) is 5.82 Å². The predicted octanol–water partition coefficient (Wildman–Crippen LogP) is 2.90. The van der Waals surface area contributed by atoms with Gasteiger partial charge >= 0.3 is 0 Å². The van der Waals surface area contributed by atoms with Crippen LogP contribution < -0.4 is 5.56 Å². The van der Waals surface area contributed by atoms with E-state index in [2.05, 4.69) is 27.8 Å². The second-order valence-corrected chi connectivity index (χ2v) is 4.44. The molecule has 0 aliphatic heterocycles. The van der Waals surface area contributed by atoms with E-state index in [1.165, 1.54) is 5.70 Å². The summed E-state index contributed by atoms with van der Waals surface area (Å²) < 4.78 is 2.08. The number of aromatic nitrogens is 2. The van der Waals surface area contributed by atoms with Crippen LogP contribution in [-0.2, 0) is 0 Å². The van der Waals surface area contributed by atoms with Crippen LogP contribution in [-0.4, -0.2) is 9.55 Å². The van der Waals surface area contributed by atoms with Gasteiger partial charge in [-0.3, -0.25) is 4.79 Å². The lowest BCUT2D eigenvalue weighted by molar-refractivity contribution is 0.885. The molecule has 1 heterocycles. The van der Waals surface area contributed by atoms with Crippen molar-refractivity contribution >= 4 is 16.6 Å². The van der Waals surface area contributed by atoms with E-state index in [1.807, 2.05) is 31.2 Å². The molecule has 1 aliphatic carbocycles. The Morgan fingerprint density at radius 2 is 2.11 bits per heavy atom. The van der Waals surface area contributed by atoms with Gasteiger partial charge in [0.2, 0.25) is 0 Å². The van der Waals surface area contributed by atoms with Crippen LogP contribution in [0, 0.1) is 6.92 Å². The van der Waals surface area contributed by atoms with Crippen molar-refractivity contribution in [1.29, 1.82) is 0 Å². The van der Waals surface area contributed by atoms with Gasteiger partial charge in [0.05, 0.1) is 10.9 Å². The highest BCUT2D eigenvalue weighted by atomic mass is 16.1. The number of aryl methyl sites for hydroxylation is 1. The molecule has 1 aromatic carbocycles. The standard InChI is InChI=1S/C15H14N2O/c1-11-16-15(18)13-9-5-6-10-14(13)17(11)12-7-3-2-4-8-12/h2-3,5-7,9-10H,4,8H2,1H3. The lowest BCUT2D eigenvalue weighted by Gasteiger charge is -2.17. The zero-order valence-electron chi connectivity index (χ0n) is 10.3. The third-order valence-corrected chi connectivity index (χ3v) is 3.24. The van der Waals surface area contributed by atoms with Crippen LogP contribution in [0.4, 0.5) is 0 Å². The minimum absolute atomic E-state index is 0.147. The molecule has 18 heavy (non-hydrogen) atoms. The lowest BCUT2D eigenvalue weighted by atomic mass is 10.1. The number of allylic oxidation sites excluding steroid dienone is 4. The summed E-state index contributed by atoms with van der Waals surface area (Å²) in [6.07, 6.45) is 8.31. The number of nitrogens with zero attached hydrogens (tertiary/aromatic N) is 2. The van der Waals surface area contributed by atoms with Crippen molar-refractivity contribution in [3.63, 3.8) is 0 Å². The van der Waals surface area contributed by atoms with E-state index in [1.54, 1.807) is 0 Å². The third kappa shape index (κ3) is 1.68. The fourth-order valence-corrected chi connectivity index (χ4v) is 2.42. The van der Waals surface area contributed by atoms with Gasteiger partial charge in [0.15, 0.2) is 0 Å². The van der Waals surface area contributed by atoms with Gasteiger partial charge in [-0.15, -0.1) is 0 Å². The molecule has 0 atom stereocenters. The molecule has 2 aromatic rings. The number of fused-ring (bicyclic) bond motifs is 1. The number of rotatable bonds is 1. The lowest BCUT2D eigenvalue weighted by Crippen LogP contribution is -2.16. The van der Waals surface area contributed by atoms with E-state index < -0.39 is 0 Å². The smallest absolute Gasteiger partial charge is 0.280 e. The maximum absolute atomic E-state index is 11.9. The van der Waals surface area contributed by atoms with Crippen molar-refractivity contribution in [3.05, 3.63) is 58.7 Å². The Morgan fingerprint density at radius 1 is 1.28 bits per heavy atom. The normalized spacial score (nSPS) is 14.8. The molecule has 0 radical (unpaired) electrons. The van der Waals surface area contributed by atoms with Gasteiger partial charge in [-0.25, -0.2) is 0 Å². The number of benzene rings is 1. The molecule has 1 aromatic heterocycles. The molecule has 0 unspecified atom stereocenters. The molecule has 0 spiro atoms. The Bertz CT molecular complexity index is 723. The van der Waals surface area contributed by atoms with E-state index in [-0.39, 0.29) is 5.56 Å². The van der Waals surface area contributed by atoms with Crippen LogP contribution in [0.1, 0.15) is 18.7 Å². The monoisotopic (exact) mass is 238 g/mol. The van der Waals surface area contributed by atoms with E-state index in [9.17, 15) is 4.79 Å². The quantitative estimate of drug-likeness (QED) is 0.765. The Hall–Kier alpha value is -2.16. The molecular weight excluding hydrogens is 224 g/mol. The molecule has 0 saturated heterocycles. The molecule has 0 fully saturated rings. The first-order chi connectivity index (χ1) is 8.77. The Kier molecular flexibility index (Phi) is 2.59. The molecule has 0 N–H and O–H groups in total. The summed E-state index contributed by atoms with van der Waals surface area (Å²) in [6.45, 7) is 1.88. The number of hydrogen-bond acceptors (Lipinski definition) is 2. The molecule has 3 nitrogen and oxygen atoms in total.